The lowest BCUT2D eigenvalue weighted by Crippen LogP contribution is -2.23. The molecule has 0 radical (unpaired) electrons. The van der Waals surface area contributed by atoms with Crippen LogP contribution in [0.2, 0.25) is 0 Å². The topological polar surface area (TPSA) is 37.9 Å². The number of H-pyrrole nitrogens is 1. The van der Waals surface area contributed by atoms with Crippen LogP contribution in [-0.4, -0.2) is 16.1 Å². The molecule has 0 amide bonds. The average molecular weight is 214 g/mol. The summed E-state index contributed by atoms with van der Waals surface area (Å²) in [6, 6.07) is 8.21. The van der Waals surface area contributed by atoms with E-state index < -0.39 is 0 Å². The molecule has 2 atom stereocenters. The fraction of sp³-hybridized carbons (Fsp3) is 0.308. The van der Waals surface area contributed by atoms with E-state index in [-0.39, 0.29) is 6.10 Å². The summed E-state index contributed by atoms with van der Waals surface area (Å²) in [7, 11) is 0. The Bertz CT molecular complexity index is 478. The lowest BCUT2D eigenvalue weighted by atomic mass is 9.89. The van der Waals surface area contributed by atoms with Crippen molar-refractivity contribution in [3.8, 4) is 5.75 Å². The van der Waals surface area contributed by atoms with Gasteiger partial charge in [-0.3, -0.25) is 0 Å². The third-order valence-corrected chi connectivity index (χ3v) is 3.04. The molecule has 2 aromatic rings. The van der Waals surface area contributed by atoms with Gasteiger partial charge >= 0.3 is 0 Å². The highest BCUT2D eigenvalue weighted by Crippen LogP contribution is 2.38. The fourth-order valence-corrected chi connectivity index (χ4v) is 2.33. The van der Waals surface area contributed by atoms with Crippen LogP contribution >= 0.6 is 0 Å². The molecule has 0 spiro atoms. The van der Waals surface area contributed by atoms with Crippen molar-refractivity contribution in [1.82, 2.24) is 9.97 Å². The molecule has 0 bridgehead atoms. The van der Waals surface area contributed by atoms with Gasteiger partial charge in [0.2, 0.25) is 0 Å². The van der Waals surface area contributed by atoms with Crippen LogP contribution in [0.5, 0.6) is 5.75 Å². The van der Waals surface area contributed by atoms with Gasteiger partial charge in [0, 0.05) is 23.9 Å². The number of nitrogens with zero attached hydrogens (tertiary/aromatic N) is 1. The van der Waals surface area contributed by atoms with Gasteiger partial charge in [0.25, 0.3) is 0 Å². The minimum Gasteiger partial charge on any atom is -0.490 e. The van der Waals surface area contributed by atoms with Crippen LogP contribution in [0.3, 0.4) is 0 Å². The summed E-state index contributed by atoms with van der Waals surface area (Å²) in [5.41, 5.74) is 1.23. The quantitative estimate of drug-likeness (QED) is 0.792. The molecule has 0 aliphatic carbocycles. The Labute approximate surface area is 94.5 Å². The molecule has 1 aliphatic rings. The molecule has 16 heavy (non-hydrogen) atoms. The smallest absolute Gasteiger partial charge is 0.123 e. The molecule has 1 unspecified atom stereocenters. The van der Waals surface area contributed by atoms with Crippen LogP contribution in [-0.2, 0) is 0 Å². The number of fused-ring (bicyclic) bond motifs is 1. The van der Waals surface area contributed by atoms with Gasteiger partial charge in [0.1, 0.15) is 11.6 Å². The first-order valence-electron chi connectivity index (χ1n) is 5.59. The van der Waals surface area contributed by atoms with Crippen molar-refractivity contribution in [2.45, 2.75) is 25.4 Å². The number of para-hydroxylation sites is 1. The monoisotopic (exact) mass is 214 g/mol. The minimum absolute atomic E-state index is 0.241. The van der Waals surface area contributed by atoms with E-state index in [9.17, 15) is 0 Å². The Morgan fingerprint density at radius 2 is 2.25 bits per heavy atom. The maximum atomic E-state index is 5.82. The summed E-state index contributed by atoms with van der Waals surface area (Å²) >= 11 is 0. The third kappa shape index (κ3) is 1.48. The van der Waals surface area contributed by atoms with Crippen molar-refractivity contribution >= 4 is 0 Å². The van der Waals surface area contributed by atoms with Crippen LogP contribution in [0.1, 0.15) is 30.7 Å². The summed E-state index contributed by atoms with van der Waals surface area (Å²) in [6.07, 6.45) is 4.89. The highest BCUT2D eigenvalue weighted by molar-refractivity contribution is 5.41. The summed E-state index contributed by atoms with van der Waals surface area (Å²) in [5, 5.41) is 0. The molecule has 1 N–H and O–H groups in total. The van der Waals surface area contributed by atoms with Gasteiger partial charge in [-0.1, -0.05) is 18.2 Å². The van der Waals surface area contributed by atoms with E-state index in [1.807, 2.05) is 24.4 Å². The number of nitrogens with one attached hydrogen (secondary N) is 1. The highest BCUT2D eigenvalue weighted by Gasteiger charge is 2.28. The van der Waals surface area contributed by atoms with Crippen LogP contribution in [0, 0.1) is 0 Å². The molecule has 0 fully saturated rings. The molecule has 2 heterocycles. The second-order valence-corrected chi connectivity index (χ2v) is 4.23. The molecule has 3 heteroatoms. The van der Waals surface area contributed by atoms with Crippen molar-refractivity contribution in [2.75, 3.05) is 0 Å². The Balaban J connectivity index is 2.07. The van der Waals surface area contributed by atoms with Gasteiger partial charge < -0.3 is 9.72 Å². The lowest BCUT2D eigenvalue weighted by molar-refractivity contribution is 0.181. The second kappa shape index (κ2) is 3.67. The highest BCUT2D eigenvalue weighted by atomic mass is 16.5. The van der Waals surface area contributed by atoms with E-state index in [1.165, 1.54) is 5.56 Å². The number of benzene rings is 1. The van der Waals surface area contributed by atoms with Crippen molar-refractivity contribution in [3.63, 3.8) is 0 Å². The summed E-state index contributed by atoms with van der Waals surface area (Å²) in [5.74, 6) is 2.35. The van der Waals surface area contributed by atoms with E-state index in [2.05, 4.69) is 23.0 Å². The zero-order valence-electron chi connectivity index (χ0n) is 9.18. The number of imidazole rings is 1. The van der Waals surface area contributed by atoms with Gasteiger partial charge in [0.15, 0.2) is 0 Å². The van der Waals surface area contributed by atoms with Gasteiger partial charge in [-0.2, -0.15) is 0 Å². The standard InChI is InChI=1S/C13H14N2O/c1-9-8-11(13-14-6-7-15-13)10-4-2-3-5-12(10)16-9/h2-7,9,11H,8H2,1H3,(H,14,15)/t9?,11-/m0/s1. The average Bonchev–Trinajstić information content (AvgIpc) is 2.81. The first-order chi connectivity index (χ1) is 7.84. The Kier molecular flexibility index (Phi) is 2.17. The second-order valence-electron chi connectivity index (χ2n) is 4.23. The maximum Gasteiger partial charge on any atom is 0.123 e. The summed E-state index contributed by atoms with van der Waals surface area (Å²) in [6.45, 7) is 2.10. The van der Waals surface area contributed by atoms with Crippen LogP contribution in [0.25, 0.3) is 0 Å². The van der Waals surface area contributed by atoms with Crippen LogP contribution < -0.4 is 4.74 Å². The number of aromatic amines is 1. The molecular formula is C13H14N2O. The first-order valence-corrected chi connectivity index (χ1v) is 5.59. The molecule has 3 nitrogen and oxygen atoms in total. The van der Waals surface area contributed by atoms with Crippen molar-refractivity contribution in [3.05, 3.63) is 48.0 Å². The van der Waals surface area contributed by atoms with Gasteiger partial charge in [-0.15, -0.1) is 0 Å². The minimum atomic E-state index is 0.241. The summed E-state index contributed by atoms with van der Waals surface area (Å²) in [4.78, 5) is 7.56. The predicted octanol–water partition coefficient (Wildman–Crippen LogP) is 2.71. The van der Waals surface area contributed by atoms with E-state index in [4.69, 9.17) is 4.74 Å². The molecule has 1 aromatic carbocycles. The normalized spacial score (nSPS) is 23.6. The molecule has 1 aliphatic heterocycles. The summed E-state index contributed by atoms with van der Waals surface area (Å²) < 4.78 is 5.82. The van der Waals surface area contributed by atoms with Crippen LogP contribution in [0.15, 0.2) is 36.7 Å². The predicted molar refractivity (Wildman–Crippen MR) is 61.6 cm³/mol. The Hall–Kier alpha value is -1.77. The molecular weight excluding hydrogens is 200 g/mol. The number of hydrogen-bond acceptors (Lipinski definition) is 2. The fourth-order valence-electron chi connectivity index (χ4n) is 2.33. The number of hydrogen-bond donors (Lipinski definition) is 1. The van der Waals surface area contributed by atoms with Crippen molar-refractivity contribution < 1.29 is 4.74 Å². The van der Waals surface area contributed by atoms with E-state index in [0.29, 0.717) is 5.92 Å². The Morgan fingerprint density at radius 3 is 3.06 bits per heavy atom. The zero-order chi connectivity index (χ0) is 11.0. The molecule has 82 valence electrons. The number of rotatable bonds is 1. The van der Waals surface area contributed by atoms with Crippen molar-refractivity contribution in [1.29, 1.82) is 0 Å². The number of aromatic nitrogens is 2. The third-order valence-electron chi connectivity index (χ3n) is 3.04. The van der Waals surface area contributed by atoms with Gasteiger partial charge in [0.05, 0.1) is 6.10 Å². The van der Waals surface area contributed by atoms with E-state index in [1.54, 1.807) is 6.20 Å². The van der Waals surface area contributed by atoms with Gasteiger partial charge in [-0.25, -0.2) is 4.98 Å². The SMILES string of the molecule is CC1C[C@H](c2ncc[nH]2)c2ccccc2O1. The van der Waals surface area contributed by atoms with E-state index >= 15 is 0 Å². The maximum absolute atomic E-state index is 5.82. The Morgan fingerprint density at radius 1 is 1.38 bits per heavy atom. The van der Waals surface area contributed by atoms with Gasteiger partial charge in [-0.05, 0) is 19.4 Å². The largest absolute Gasteiger partial charge is 0.490 e. The molecule has 3 rings (SSSR count). The molecule has 1 aromatic heterocycles. The van der Waals surface area contributed by atoms with Crippen molar-refractivity contribution in [2.24, 2.45) is 0 Å². The molecule has 0 saturated heterocycles. The van der Waals surface area contributed by atoms with E-state index in [0.717, 1.165) is 18.0 Å². The zero-order valence-corrected chi connectivity index (χ0v) is 9.18. The van der Waals surface area contributed by atoms with Crippen LogP contribution in [0.4, 0.5) is 0 Å². The number of ether oxygens (including phenoxy) is 1. The molecule has 0 saturated carbocycles. The first kappa shape index (κ1) is 9.46. The lowest BCUT2D eigenvalue weighted by Gasteiger charge is -2.29.